The first-order valence-electron chi connectivity index (χ1n) is 8.40. The number of carbonyl (C=O) groups excluding carboxylic acids is 2. The smallest absolute Gasteiger partial charge is 0.253 e. The highest BCUT2D eigenvalue weighted by Gasteiger charge is 2.32. The van der Waals surface area contributed by atoms with Crippen LogP contribution < -0.4 is 5.32 Å². The second-order valence-corrected chi connectivity index (χ2v) is 7.14. The summed E-state index contributed by atoms with van der Waals surface area (Å²) in [5, 5.41) is 3.76. The number of benzene rings is 1. The largest absolute Gasteiger partial charge is 0.353 e. The van der Waals surface area contributed by atoms with Gasteiger partial charge in [0.25, 0.3) is 5.91 Å². The number of hydrogen-bond donors (Lipinski definition) is 1. The maximum atomic E-state index is 12.4. The number of likely N-dealkylation sites (tertiary alicyclic amines) is 1. The molecule has 3 rings (SSSR count). The molecular weight excluding hydrogens is 312 g/mol. The lowest BCUT2D eigenvalue weighted by Gasteiger charge is -2.32. The van der Waals surface area contributed by atoms with Crippen molar-refractivity contribution in [2.24, 2.45) is 11.8 Å². The molecule has 1 saturated heterocycles. The van der Waals surface area contributed by atoms with Crippen LogP contribution in [-0.4, -0.2) is 35.8 Å². The first kappa shape index (κ1) is 16.3. The molecule has 1 atom stereocenters. The third-order valence-electron chi connectivity index (χ3n) is 4.94. The van der Waals surface area contributed by atoms with E-state index < -0.39 is 0 Å². The van der Waals surface area contributed by atoms with Crippen LogP contribution in [0.15, 0.2) is 24.3 Å². The lowest BCUT2D eigenvalue weighted by atomic mass is 9.95. The standard InChI is InChI=1S/C18H23ClN2O2/c1-12(13-2-3-13)20-17(22)14-8-10-21(11-9-14)18(23)15-4-6-16(19)7-5-15/h4-7,12-14H,2-3,8-11H2,1H3,(H,20,22)/t12-/m1/s1. The van der Waals surface area contributed by atoms with Crippen molar-refractivity contribution in [3.8, 4) is 0 Å². The molecule has 0 bridgehead atoms. The average Bonchev–Trinajstić information content (AvgIpc) is 3.40. The van der Waals surface area contributed by atoms with Crippen molar-refractivity contribution in [3.63, 3.8) is 0 Å². The molecule has 23 heavy (non-hydrogen) atoms. The van der Waals surface area contributed by atoms with E-state index in [0.717, 1.165) is 12.8 Å². The van der Waals surface area contributed by atoms with Gasteiger partial charge in [0.1, 0.15) is 0 Å². The van der Waals surface area contributed by atoms with Crippen LogP contribution in [0.25, 0.3) is 0 Å². The lowest BCUT2D eigenvalue weighted by molar-refractivity contribution is -0.127. The molecule has 2 amide bonds. The van der Waals surface area contributed by atoms with E-state index >= 15 is 0 Å². The van der Waals surface area contributed by atoms with Crippen molar-refractivity contribution in [2.75, 3.05) is 13.1 Å². The SMILES string of the molecule is C[C@@H](NC(=O)C1CCN(C(=O)c2ccc(Cl)cc2)CC1)C1CC1. The highest BCUT2D eigenvalue weighted by Crippen LogP contribution is 2.32. The summed E-state index contributed by atoms with van der Waals surface area (Å²) in [5.74, 6) is 0.880. The fourth-order valence-electron chi connectivity index (χ4n) is 3.18. The molecule has 1 aromatic carbocycles. The van der Waals surface area contributed by atoms with E-state index in [-0.39, 0.29) is 23.8 Å². The summed E-state index contributed by atoms with van der Waals surface area (Å²) in [4.78, 5) is 26.6. The summed E-state index contributed by atoms with van der Waals surface area (Å²) < 4.78 is 0. The molecule has 5 heteroatoms. The third-order valence-corrected chi connectivity index (χ3v) is 5.20. The molecular formula is C18H23ClN2O2. The van der Waals surface area contributed by atoms with Crippen molar-refractivity contribution in [1.29, 1.82) is 0 Å². The monoisotopic (exact) mass is 334 g/mol. The van der Waals surface area contributed by atoms with Crippen LogP contribution in [0, 0.1) is 11.8 Å². The molecule has 2 aliphatic rings. The zero-order valence-electron chi connectivity index (χ0n) is 13.4. The summed E-state index contributed by atoms with van der Waals surface area (Å²) in [6.45, 7) is 3.36. The van der Waals surface area contributed by atoms with Crippen LogP contribution in [0.2, 0.25) is 5.02 Å². The van der Waals surface area contributed by atoms with Crippen molar-refractivity contribution in [2.45, 2.75) is 38.6 Å². The Bertz CT molecular complexity index is 575. The van der Waals surface area contributed by atoms with E-state index in [9.17, 15) is 9.59 Å². The minimum absolute atomic E-state index is 0.0203. The Labute approximate surface area is 142 Å². The van der Waals surface area contributed by atoms with Gasteiger partial charge in [0, 0.05) is 35.6 Å². The Morgan fingerprint density at radius 1 is 1.13 bits per heavy atom. The number of halogens is 1. The number of carbonyl (C=O) groups is 2. The zero-order chi connectivity index (χ0) is 16.4. The van der Waals surface area contributed by atoms with E-state index in [0.29, 0.717) is 29.6 Å². The topological polar surface area (TPSA) is 49.4 Å². The predicted molar refractivity (Wildman–Crippen MR) is 90.4 cm³/mol. The molecule has 1 aliphatic carbocycles. The molecule has 0 spiro atoms. The second-order valence-electron chi connectivity index (χ2n) is 6.71. The van der Waals surface area contributed by atoms with Crippen molar-refractivity contribution >= 4 is 23.4 Å². The van der Waals surface area contributed by atoms with Gasteiger partial charge in [-0.05, 0) is 62.8 Å². The fraction of sp³-hybridized carbons (Fsp3) is 0.556. The van der Waals surface area contributed by atoms with E-state index in [1.54, 1.807) is 24.3 Å². The van der Waals surface area contributed by atoms with Gasteiger partial charge in [-0.3, -0.25) is 9.59 Å². The van der Waals surface area contributed by atoms with Crippen LogP contribution in [0.5, 0.6) is 0 Å². The minimum atomic E-state index is 0.0203. The Morgan fingerprint density at radius 3 is 2.30 bits per heavy atom. The van der Waals surface area contributed by atoms with Gasteiger partial charge in [0.2, 0.25) is 5.91 Å². The van der Waals surface area contributed by atoms with Crippen molar-refractivity contribution in [1.82, 2.24) is 10.2 Å². The van der Waals surface area contributed by atoms with E-state index in [4.69, 9.17) is 11.6 Å². The maximum absolute atomic E-state index is 12.4. The number of rotatable bonds is 4. The van der Waals surface area contributed by atoms with E-state index in [2.05, 4.69) is 12.2 Å². The molecule has 1 aliphatic heterocycles. The third kappa shape index (κ3) is 4.05. The molecule has 1 saturated carbocycles. The number of hydrogen-bond acceptors (Lipinski definition) is 2. The highest BCUT2D eigenvalue weighted by molar-refractivity contribution is 6.30. The molecule has 0 unspecified atom stereocenters. The zero-order valence-corrected chi connectivity index (χ0v) is 14.2. The fourth-order valence-corrected chi connectivity index (χ4v) is 3.30. The Kier molecular flexibility index (Phi) is 4.90. The average molecular weight is 335 g/mol. The first-order valence-corrected chi connectivity index (χ1v) is 8.77. The summed E-state index contributed by atoms with van der Waals surface area (Å²) >= 11 is 5.85. The quantitative estimate of drug-likeness (QED) is 0.919. The van der Waals surface area contributed by atoms with Gasteiger partial charge in [0.15, 0.2) is 0 Å². The van der Waals surface area contributed by atoms with Crippen LogP contribution in [-0.2, 0) is 4.79 Å². The van der Waals surface area contributed by atoms with Gasteiger partial charge >= 0.3 is 0 Å². The molecule has 4 nitrogen and oxygen atoms in total. The van der Waals surface area contributed by atoms with E-state index in [1.807, 2.05) is 4.90 Å². The van der Waals surface area contributed by atoms with Crippen LogP contribution in [0.4, 0.5) is 0 Å². The number of piperidine rings is 1. The van der Waals surface area contributed by atoms with Crippen LogP contribution in [0.3, 0.4) is 0 Å². The second kappa shape index (κ2) is 6.91. The van der Waals surface area contributed by atoms with Gasteiger partial charge in [-0.2, -0.15) is 0 Å². The van der Waals surface area contributed by atoms with Crippen LogP contribution in [0.1, 0.15) is 43.0 Å². The Morgan fingerprint density at radius 2 is 1.74 bits per heavy atom. The number of amides is 2. The predicted octanol–water partition coefficient (Wildman–Crippen LogP) is 3.11. The lowest BCUT2D eigenvalue weighted by Crippen LogP contribution is -2.45. The number of nitrogens with one attached hydrogen (secondary N) is 1. The van der Waals surface area contributed by atoms with Gasteiger partial charge in [-0.25, -0.2) is 0 Å². The first-order chi connectivity index (χ1) is 11.0. The summed E-state index contributed by atoms with van der Waals surface area (Å²) in [5.41, 5.74) is 0.652. The van der Waals surface area contributed by atoms with Gasteiger partial charge in [0.05, 0.1) is 0 Å². The van der Waals surface area contributed by atoms with Crippen molar-refractivity contribution < 1.29 is 9.59 Å². The molecule has 1 N–H and O–H groups in total. The van der Waals surface area contributed by atoms with Gasteiger partial charge in [-0.1, -0.05) is 11.6 Å². The summed E-state index contributed by atoms with van der Waals surface area (Å²) in [7, 11) is 0. The molecule has 2 fully saturated rings. The maximum Gasteiger partial charge on any atom is 0.253 e. The van der Waals surface area contributed by atoms with Gasteiger partial charge in [-0.15, -0.1) is 0 Å². The summed E-state index contributed by atoms with van der Waals surface area (Å²) in [6.07, 6.45) is 3.94. The minimum Gasteiger partial charge on any atom is -0.353 e. The van der Waals surface area contributed by atoms with Crippen molar-refractivity contribution in [3.05, 3.63) is 34.9 Å². The highest BCUT2D eigenvalue weighted by atomic mass is 35.5. The molecule has 0 radical (unpaired) electrons. The summed E-state index contributed by atoms with van der Waals surface area (Å²) in [6, 6.07) is 7.25. The normalized spacial score (nSPS) is 20.2. The molecule has 124 valence electrons. The Balaban J connectivity index is 1.50. The molecule has 1 aromatic rings. The van der Waals surface area contributed by atoms with Crippen LogP contribution >= 0.6 is 11.6 Å². The molecule has 1 heterocycles. The molecule has 0 aromatic heterocycles. The number of nitrogens with zero attached hydrogens (tertiary/aromatic N) is 1. The van der Waals surface area contributed by atoms with E-state index in [1.165, 1.54) is 12.8 Å². The Hall–Kier alpha value is -1.55. The van der Waals surface area contributed by atoms with Gasteiger partial charge < -0.3 is 10.2 Å².